The minimum atomic E-state index is 1.08. The smallest absolute Gasteiger partial charge is 0.0714 e. The van der Waals surface area contributed by atoms with Gasteiger partial charge in [0.25, 0.3) is 0 Å². The van der Waals surface area contributed by atoms with Gasteiger partial charge in [0.05, 0.1) is 5.35 Å². The van der Waals surface area contributed by atoms with E-state index in [1.165, 1.54) is 37.2 Å². The lowest BCUT2D eigenvalue weighted by Gasteiger charge is -1.96. The molecule has 1 heterocycles. The summed E-state index contributed by atoms with van der Waals surface area (Å²) in [5.41, 5.74) is 2.60. The molecule has 1 aromatic heterocycles. The molecule has 0 fully saturated rings. The number of hydrogen-bond donors (Lipinski definition) is 0. The Hall–Kier alpha value is -2.67. The van der Waals surface area contributed by atoms with Gasteiger partial charge in [-0.1, -0.05) is 30.3 Å². The largest absolute Gasteiger partial charge is 0.256 e. The zero-order chi connectivity index (χ0) is 13.1. The van der Waals surface area contributed by atoms with Crippen LogP contribution < -0.4 is 10.6 Å². The highest BCUT2D eigenvalue weighted by atomic mass is 14.6. The van der Waals surface area contributed by atoms with Gasteiger partial charge in [0.1, 0.15) is 0 Å². The highest BCUT2D eigenvalue weighted by Crippen LogP contribution is 2.17. The predicted octanol–water partition coefficient (Wildman–Crippen LogP) is 1.94. The van der Waals surface area contributed by atoms with Crippen LogP contribution in [-0.4, -0.2) is 4.98 Å². The summed E-state index contributed by atoms with van der Waals surface area (Å²) in [5.74, 6) is 0. The van der Waals surface area contributed by atoms with Crippen molar-refractivity contribution < 1.29 is 0 Å². The summed E-state index contributed by atoms with van der Waals surface area (Å²) in [5, 5.41) is 7.62. The molecule has 0 spiro atoms. The van der Waals surface area contributed by atoms with E-state index >= 15 is 0 Å². The summed E-state index contributed by atoms with van der Waals surface area (Å²) in [4.78, 5) is 4.46. The van der Waals surface area contributed by atoms with Crippen molar-refractivity contribution in [1.29, 1.82) is 0 Å². The lowest BCUT2D eigenvalue weighted by atomic mass is 10.1. The minimum Gasteiger partial charge on any atom is -0.256 e. The molecule has 2 aliphatic carbocycles. The molecule has 0 N–H and O–H groups in total. The molecule has 0 saturated heterocycles. The third kappa shape index (κ3) is 1.19. The van der Waals surface area contributed by atoms with E-state index in [0.29, 0.717) is 0 Å². The first-order valence-corrected chi connectivity index (χ1v) is 6.82. The van der Waals surface area contributed by atoms with Crippen LogP contribution in [0.5, 0.6) is 0 Å². The molecule has 0 aliphatic heterocycles. The van der Waals surface area contributed by atoms with Gasteiger partial charge in [0.15, 0.2) is 0 Å². The molecule has 5 rings (SSSR count). The van der Waals surface area contributed by atoms with Gasteiger partial charge in [-0.25, -0.2) is 0 Å². The molecule has 0 atom stereocenters. The van der Waals surface area contributed by atoms with Crippen LogP contribution in [0.25, 0.3) is 12.2 Å². The molecule has 2 aliphatic rings. The maximum absolute atomic E-state index is 4.46. The molecule has 20 heavy (non-hydrogen) atoms. The summed E-state index contributed by atoms with van der Waals surface area (Å²) < 4.78 is 0. The third-order valence-electron chi connectivity index (χ3n) is 4.20. The maximum Gasteiger partial charge on any atom is 0.0714 e. The molecule has 3 aromatic rings. The number of aromatic nitrogens is 1. The molecule has 1 heteroatoms. The molecule has 92 valence electrons. The van der Waals surface area contributed by atoms with E-state index in [2.05, 4.69) is 59.6 Å². The van der Waals surface area contributed by atoms with E-state index in [0.717, 1.165) is 5.35 Å². The molecular weight excluding hydrogens is 242 g/mol. The fourth-order valence-electron chi connectivity index (χ4n) is 3.28. The fraction of sp³-hybridized carbons (Fsp3) is 0. The highest BCUT2D eigenvalue weighted by Gasteiger charge is 2.08. The molecule has 0 bridgehead atoms. The first kappa shape index (κ1) is 10.2. The Labute approximate surface area is 115 Å². The first-order chi connectivity index (χ1) is 9.90. The van der Waals surface area contributed by atoms with Crippen molar-refractivity contribution in [2.24, 2.45) is 0 Å². The Kier molecular flexibility index (Phi) is 1.75. The van der Waals surface area contributed by atoms with Crippen LogP contribution in [0.3, 0.4) is 0 Å². The normalized spacial score (nSPS) is 12.8. The monoisotopic (exact) mass is 253 g/mol. The van der Waals surface area contributed by atoms with Gasteiger partial charge in [0.2, 0.25) is 0 Å². The van der Waals surface area contributed by atoms with Crippen LogP contribution in [0.2, 0.25) is 0 Å². The van der Waals surface area contributed by atoms with Crippen LogP contribution in [0.4, 0.5) is 0 Å². The molecule has 2 aromatic carbocycles. The summed E-state index contributed by atoms with van der Waals surface area (Å²) >= 11 is 0. The molecule has 0 amide bonds. The zero-order valence-electron chi connectivity index (χ0n) is 10.8. The van der Waals surface area contributed by atoms with E-state index in [1.54, 1.807) is 0 Å². The number of pyridine rings is 1. The van der Waals surface area contributed by atoms with E-state index in [-0.39, 0.29) is 0 Å². The van der Waals surface area contributed by atoms with Gasteiger partial charge >= 0.3 is 0 Å². The number of rotatable bonds is 0. The van der Waals surface area contributed by atoms with Crippen LogP contribution in [0.15, 0.2) is 54.7 Å². The highest BCUT2D eigenvalue weighted by molar-refractivity contribution is 5.62. The van der Waals surface area contributed by atoms with Gasteiger partial charge in [-0.15, -0.1) is 0 Å². The topological polar surface area (TPSA) is 12.9 Å². The third-order valence-corrected chi connectivity index (χ3v) is 4.20. The van der Waals surface area contributed by atoms with Crippen LogP contribution in [0, 0.1) is 20.9 Å². The number of nitrogens with zero attached hydrogens (tertiary/aromatic N) is 1. The predicted molar refractivity (Wildman–Crippen MR) is 78.8 cm³/mol. The van der Waals surface area contributed by atoms with Crippen molar-refractivity contribution in [1.82, 2.24) is 4.98 Å². The lowest BCUT2D eigenvalue weighted by Crippen LogP contribution is -2.04. The van der Waals surface area contributed by atoms with Crippen LogP contribution in [-0.2, 0) is 0 Å². The number of hydrogen-bond acceptors (Lipinski definition) is 1. The fourth-order valence-corrected chi connectivity index (χ4v) is 3.28. The maximum atomic E-state index is 4.46. The Balaban J connectivity index is 2.07. The molecule has 0 saturated carbocycles. The van der Waals surface area contributed by atoms with Crippen LogP contribution >= 0.6 is 0 Å². The average molecular weight is 253 g/mol. The second kappa shape index (κ2) is 3.45. The van der Waals surface area contributed by atoms with Crippen molar-refractivity contribution in [2.75, 3.05) is 0 Å². The standard InChI is InChI=1S/C19H11N/c1-2-5-15-12(4-1)8-13-9-18-14(10-17(13)15)11-19-16(18)6-3-7-20-19/h1-11H. The summed E-state index contributed by atoms with van der Waals surface area (Å²) in [7, 11) is 0. The zero-order valence-corrected chi connectivity index (χ0v) is 10.8. The van der Waals surface area contributed by atoms with Gasteiger partial charge in [-0.05, 0) is 62.4 Å². The Morgan fingerprint density at radius 2 is 1.40 bits per heavy atom. The van der Waals surface area contributed by atoms with E-state index in [9.17, 15) is 0 Å². The lowest BCUT2D eigenvalue weighted by molar-refractivity contribution is 1.23. The Morgan fingerprint density at radius 1 is 0.650 bits per heavy atom. The van der Waals surface area contributed by atoms with Gasteiger partial charge in [0, 0.05) is 11.4 Å². The number of fused-ring (bicyclic) bond motifs is 4. The van der Waals surface area contributed by atoms with E-state index in [4.69, 9.17) is 0 Å². The van der Waals surface area contributed by atoms with Crippen molar-refractivity contribution in [3.05, 3.63) is 97.3 Å². The summed E-state index contributed by atoms with van der Waals surface area (Å²) in [6, 6.07) is 17.3. The molecule has 1 nitrogen and oxygen atoms in total. The summed E-state index contributed by atoms with van der Waals surface area (Å²) in [6.07, 6.45) is 6.32. The quantitative estimate of drug-likeness (QED) is 0.411. The Morgan fingerprint density at radius 3 is 2.35 bits per heavy atom. The second-order valence-electron chi connectivity index (χ2n) is 5.34. The summed E-state index contributed by atoms with van der Waals surface area (Å²) in [6.45, 7) is 0. The average Bonchev–Trinajstić information content (AvgIpc) is 3.02. The second-order valence-corrected chi connectivity index (χ2v) is 5.34. The van der Waals surface area contributed by atoms with Crippen molar-refractivity contribution in [3.63, 3.8) is 0 Å². The van der Waals surface area contributed by atoms with Gasteiger partial charge in [-0.2, -0.15) is 0 Å². The molecule has 0 radical (unpaired) electrons. The molecule has 0 unspecified atom stereocenters. The SMILES string of the molecule is C1=c2ccccc2=c2cc3c(cc21)=c1cccnc1=C3. The minimum absolute atomic E-state index is 1.08. The van der Waals surface area contributed by atoms with E-state index < -0.39 is 0 Å². The van der Waals surface area contributed by atoms with Crippen LogP contribution in [0.1, 0.15) is 11.1 Å². The van der Waals surface area contributed by atoms with E-state index in [1.807, 2.05) is 12.3 Å². The van der Waals surface area contributed by atoms with Crippen molar-refractivity contribution in [2.45, 2.75) is 0 Å². The number of benzene rings is 2. The van der Waals surface area contributed by atoms with Crippen molar-refractivity contribution in [3.8, 4) is 0 Å². The van der Waals surface area contributed by atoms with Gasteiger partial charge < -0.3 is 0 Å². The Bertz CT molecular complexity index is 1090. The first-order valence-electron chi connectivity index (χ1n) is 6.82. The van der Waals surface area contributed by atoms with Gasteiger partial charge in [-0.3, -0.25) is 4.98 Å². The molecular formula is C19H11N. The van der Waals surface area contributed by atoms with Crippen molar-refractivity contribution >= 4 is 12.2 Å².